The van der Waals surface area contributed by atoms with E-state index < -0.39 is 23.3 Å². The highest BCUT2D eigenvalue weighted by Crippen LogP contribution is 2.47. The van der Waals surface area contributed by atoms with E-state index in [4.69, 9.17) is 18.9 Å². The molecule has 30 heavy (non-hydrogen) atoms. The van der Waals surface area contributed by atoms with Gasteiger partial charge < -0.3 is 18.9 Å². The Morgan fingerprint density at radius 3 is 2.37 bits per heavy atom. The van der Waals surface area contributed by atoms with E-state index in [0.717, 1.165) is 18.2 Å². The minimum absolute atomic E-state index is 0.0843. The number of alkyl halides is 3. The molecule has 1 aliphatic rings. The number of halogens is 3. The van der Waals surface area contributed by atoms with Gasteiger partial charge in [0.1, 0.15) is 24.5 Å². The monoisotopic (exact) mass is 424 g/mol. The number of fused-ring (bicyclic) bond motifs is 1. The van der Waals surface area contributed by atoms with Crippen molar-refractivity contribution in [1.82, 2.24) is 0 Å². The van der Waals surface area contributed by atoms with E-state index >= 15 is 0 Å². The molecule has 0 spiro atoms. The fraction of sp³-hybridized carbons (Fsp3) is 0.333. The molecular weight excluding hydrogens is 405 g/mol. The predicted molar refractivity (Wildman–Crippen MR) is 99.9 cm³/mol. The Kier molecular flexibility index (Phi) is 6.19. The molecule has 1 aliphatic heterocycles. The lowest BCUT2D eigenvalue weighted by Crippen LogP contribution is -2.18. The molecule has 2 aromatic carbocycles. The van der Waals surface area contributed by atoms with Gasteiger partial charge in [0.25, 0.3) is 0 Å². The second-order valence-corrected chi connectivity index (χ2v) is 6.44. The molecule has 0 amide bonds. The number of ether oxygens (including phenoxy) is 4. The van der Waals surface area contributed by atoms with Crippen molar-refractivity contribution in [1.29, 1.82) is 0 Å². The third kappa shape index (κ3) is 4.34. The Morgan fingerprint density at radius 1 is 1.00 bits per heavy atom. The van der Waals surface area contributed by atoms with Crippen LogP contribution >= 0.6 is 0 Å². The van der Waals surface area contributed by atoms with Gasteiger partial charge in [-0.1, -0.05) is 12.1 Å². The summed E-state index contributed by atoms with van der Waals surface area (Å²) < 4.78 is 60.2. The molecule has 0 saturated carbocycles. The van der Waals surface area contributed by atoms with Crippen molar-refractivity contribution >= 4 is 11.6 Å². The van der Waals surface area contributed by atoms with Crippen LogP contribution in [0, 0.1) is 0 Å². The number of hydrogen-bond donors (Lipinski definition) is 0. The maximum absolute atomic E-state index is 12.9. The molecule has 0 radical (unpaired) electrons. The highest BCUT2D eigenvalue weighted by molar-refractivity contribution is 6.06. The van der Waals surface area contributed by atoms with Crippen molar-refractivity contribution in [3.63, 3.8) is 0 Å². The molecule has 1 heterocycles. The van der Waals surface area contributed by atoms with E-state index in [-0.39, 0.29) is 47.8 Å². The molecule has 0 saturated heterocycles. The van der Waals surface area contributed by atoms with Gasteiger partial charge in [-0.15, -0.1) is 0 Å². The van der Waals surface area contributed by atoms with Crippen LogP contribution in [-0.2, 0) is 6.18 Å². The molecule has 0 aromatic heterocycles. The van der Waals surface area contributed by atoms with Crippen molar-refractivity contribution in [3.05, 3.63) is 47.0 Å². The summed E-state index contributed by atoms with van der Waals surface area (Å²) in [5, 5.41) is 0. The average Bonchev–Trinajstić information content (AvgIpc) is 2.75. The zero-order chi connectivity index (χ0) is 21.9. The number of hydrogen-bond acceptors (Lipinski definition) is 6. The average molecular weight is 424 g/mol. The van der Waals surface area contributed by atoms with Crippen molar-refractivity contribution in [2.75, 3.05) is 27.4 Å². The lowest BCUT2D eigenvalue weighted by atomic mass is 9.98. The first-order chi connectivity index (χ1) is 14.3. The van der Waals surface area contributed by atoms with Crippen LogP contribution in [0.25, 0.3) is 0 Å². The zero-order valence-electron chi connectivity index (χ0n) is 16.3. The minimum atomic E-state index is -4.56. The van der Waals surface area contributed by atoms with E-state index in [0.29, 0.717) is 12.4 Å². The second-order valence-electron chi connectivity index (χ2n) is 6.44. The van der Waals surface area contributed by atoms with Crippen molar-refractivity contribution in [2.45, 2.75) is 19.0 Å². The molecule has 160 valence electrons. The van der Waals surface area contributed by atoms with Gasteiger partial charge >= 0.3 is 6.18 Å². The molecule has 9 heteroatoms. The number of methoxy groups -OCH3 is 2. The van der Waals surface area contributed by atoms with Crippen LogP contribution in [0.1, 0.15) is 39.1 Å². The van der Waals surface area contributed by atoms with Gasteiger partial charge in [0.2, 0.25) is 5.75 Å². The molecule has 3 rings (SSSR count). The van der Waals surface area contributed by atoms with Crippen LogP contribution in [0.5, 0.6) is 23.0 Å². The van der Waals surface area contributed by atoms with Crippen LogP contribution in [-0.4, -0.2) is 39.0 Å². The van der Waals surface area contributed by atoms with E-state index in [1.165, 1.54) is 26.4 Å². The summed E-state index contributed by atoms with van der Waals surface area (Å²) in [6.45, 7) is 0.607. The summed E-state index contributed by atoms with van der Waals surface area (Å²) in [6, 6.07) is 5.60. The Hall–Kier alpha value is -3.23. The van der Waals surface area contributed by atoms with E-state index in [9.17, 15) is 22.8 Å². The number of benzene rings is 2. The molecule has 0 aliphatic carbocycles. The van der Waals surface area contributed by atoms with Gasteiger partial charge in [-0.3, -0.25) is 9.59 Å². The van der Waals surface area contributed by atoms with Gasteiger partial charge in [-0.05, 0) is 12.1 Å². The summed E-state index contributed by atoms with van der Waals surface area (Å²) in [5.41, 5.74) is -0.949. The van der Waals surface area contributed by atoms with Gasteiger partial charge in [0.05, 0.1) is 19.8 Å². The third-order valence-electron chi connectivity index (χ3n) is 4.55. The van der Waals surface area contributed by atoms with Crippen LogP contribution in [0.15, 0.2) is 30.3 Å². The smallest absolute Gasteiger partial charge is 0.416 e. The van der Waals surface area contributed by atoms with Gasteiger partial charge in [-0.2, -0.15) is 13.2 Å². The number of Topliss-reactive ketones (excluding diaryl/α,β-unsaturated/α-hetero) is 2. The molecule has 0 N–H and O–H groups in total. The highest BCUT2D eigenvalue weighted by atomic mass is 19.4. The maximum Gasteiger partial charge on any atom is 0.416 e. The van der Waals surface area contributed by atoms with E-state index in [1.807, 2.05) is 0 Å². The number of ketones is 2. The topological polar surface area (TPSA) is 71.1 Å². The SMILES string of the molecule is COc1cc2c(c(OC)c1C(=O)CCC(=O)c1cccc(C(F)(F)F)c1)OCCO2. The van der Waals surface area contributed by atoms with Crippen LogP contribution in [0.3, 0.4) is 0 Å². The van der Waals surface area contributed by atoms with Gasteiger partial charge in [-0.25, -0.2) is 0 Å². The summed E-state index contributed by atoms with van der Waals surface area (Å²) in [4.78, 5) is 25.2. The largest absolute Gasteiger partial charge is 0.496 e. The van der Waals surface area contributed by atoms with Gasteiger partial charge in [0, 0.05) is 24.5 Å². The van der Waals surface area contributed by atoms with Crippen LogP contribution < -0.4 is 18.9 Å². The number of carbonyl (C=O) groups excluding carboxylic acids is 2. The first-order valence-corrected chi connectivity index (χ1v) is 9.04. The second kappa shape index (κ2) is 8.64. The molecular formula is C21H19F3O6. The first kappa shape index (κ1) is 21.5. The fourth-order valence-electron chi connectivity index (χ4n) is 3.12. The molecule has 2 aromatic rings. The minimum Gasteiger partial charge on any atom is -0.496 e. The Bertz CT molecular complexity index is 968. The lowest BCUT2D eigenvalue weighted by molar-refractivity contribution is -0.137. The molecule has 6 nitrogen and oxygen atoms in total. The Labute approximate surface area is 170 Å². The molecule has 0 unspecified atom stereocenters. The van der Waals surface area contributed by atoms with Crippen molar-refractivity contribution in [3.8, 4) is 23.0 Å². The summed E-state index contributed by atoms with van der Waals surface area (Å²) in [7, 11) is 2.73. The maximum atomic E-state index is 12.9. The van der Waals surface area contributed by atoms with Crippen LogP contribution in [0.2, 0.25) is 0 Å². The Balaban J connectivity index is 1.82. The standard InChI is InChI=1S/C21H19F3O6/c1-27-16-11-17-19(30-9-8-29-17)20(28-2)18(16)15(26)7-6-14(25)12-4-3-5-13(10-12)21(22,23)24/h3-5,10-11H,6-9H2,1-2H3. The van der Waals surface area contributed by atoms with E-state index in [1.54, 1.807) is 0 Å². The fourth-order valence-corrected chi connectivity index (χ4v) is 3.12. The molecule has 0 bridgehead atoms. The summed E-state index contributed by atoms with van der Waals surface area (Å²) >= 11 is 0. The normalized spacial score (nSPS) is 13.0. The quantitative estimate of drug-likeness (QED) is 0.616. The van der Waals surface area contributed by atoms with Crippen LogP contribution in [0.4, 0.5) is 13.2 Å². The number of carbonyl (C=O) groups is 2. The number of rotatable bonds is 7. The predicted octanol–water partition coefficient (Wildman–Crippen LogP) is 4.34. The van der Waals surface area contributed by atoms with Crippen molar-refractivity contribution in [2.24, 2.45) is 0 Å². The molecule has 0 atom stereocenters. The zero-order valence-corrected chi connectivity index (χ0v) is 16.3. The lowest BCUT2D eigenvalue weighted by Gasteiger charge is -2.23. The highest BCUT2D eigenvalue weighted by Gasteiger charge is 2.31. The van der Waals surface area contributed by atoms with E-state index in [2.05, 4.69) is 0 Å². The molecule has 0 fully saturated rings. The third-order valence-corrected chi connectivity index (χ3v) is 4.55. The van der Waals surface area contributed by atoms with Crippen molar-refractivity contribution < 1.29 is 41.7 Å². The first-order valence-electron chi connectivity index (χ1n) is 9.04. The summed E-state index contributed by atoms with van der Waals surface area (Å²) in [6.07, 6.45) is -5.08. The Morgan fingerprint density at radius 2 is 1.70 bits per heavy atom. The summed E-state index contributed by atoms with van der Waals surface area (Å²) in [5.74, 6) is -0.109. The van der Waals surface area contributed by atoms with Gasteiger partial charge in [0.15, 0.2) is 23.1 Å².